The van der Waals surface area contributed by atoms with Crippen LogP contribution in [-0.4, -0.2) is 49.5 Å². The van der Waals surface area contributed by atoms with Crippen molar-refractivity contribution in [2.75, 3.05) is 25.2 Å². The van der Waals surface area contributed by atoms with E-state index < -0.39 is 15.7 Å². The van der Waals surface area contributed by atoms with Crippen LogP contribution < -0.4 is 4.74 Å². The van der Waals surface area contributed by atoms with E-state index in [-0.39, 0.29) is 23.3 Å². The van der Waals surface area contributed by atoms with E-state index in [2.05, 4.69) is 16.5 Å². The van der Waals surface area contributed by atoms with Gasteiger partial charge in [-0.3, -0.25) is 4.90 Å². The van der Waals surface area contributed by atoms with Gasteiger partial charge in [0.1, 0.15) is 5.76 Å². The molecule has 0 spiro atoms. The monoisotopic (exact) mass is 394 g/mol. The number of nitrogens with zero attached hydrogens (tertiary/aromatic N) is 2. The van der Waals surface area contributed by atoms with E-state index in [1.54, 1.807) is 12.1 Å². The molecule has 0 unspecified atom stereocenters. The molecule has 0 N–H and O–H groups in total. The van der Waals surface area contributed by atoms with Crippen molar-refractivity contribution in [3.05, 3.63) is 48.1 Å². The zero-order valence-electron chi connectivity index (χ0n) is 15.4. The highest BCUT2D eigenvalue weighted by Gasteiger charge is 2.32. The van der Waals surface area contributed by atoms with Gasteiger partial charge < -0.3 is 9.15 Å². The zero-order valence-corrected chi connectivity index (χ0v) is 16.3. The Hall–Kier alpha value is -2.19. The summed E-state index contributed by atoms with van der Waals surface area (Å²) < 4.78 is 48.0. The van der Waals surface area contributed by atoms with Gasteiger partial charge in [-0.15, -0.1) is 6.58 Å². The van der Waals surface area contributed by atoms with Crippen molar-refractivity contribution < 1.29 is 22.0 Å². The predicted octanol–water partition coefficient (Wildman–Crippen LogP) is 2.97. The summed E-state index contributed by atoms with van der Waals surface area (Å²) in [6.45, 7) is 6.60. The van der Waals surface area contributed by atoms with E-state index >= 15 is 0 Å². The molecular weight excluding hydrogens is 371 g/mol. The van der Waals surface area contributed by atoms with E-state index in [4.69, 9.17) is 9.15 Å². The molecule has 1 atom stereocenters. The Balaban J connectivity index is 1.84. The number of aryl methyl sites for hydroxylation is 1. The van der Waals surface area contributed by atoms with Crippen molar-refractivity contribution >= 4 is 9.84 Å². The Labute approximate surface area is 158 Å². The fourth-order valence-electron chi connectivity index (χ4n) is 3.26. The lowest BCUT2D eigenvalue weighted by atomic mass is 10.2. The topological polar surface area (TPSA) is 72.6 Å². The summed E-state index contributed by atoms with van der Waals surface area (Å²) in [5, 5.41) is 0. The van der Waals surface area contributed by atoms with Gasteiger partial charge in [-0.1, -0.05) is 6.08 Å². The maximum Gasteiger partial charge on any atom is 0.226 e. The van der Waals surface area contributed by atoms with Crippen LogP contribution in [0.25, 0.3) is 11.5 Å². The van der Waals surface area contributed by atoms with Gasteiger partial charge in [0.2, 0.25) is 5.89 Å². The van der Waals surface area contributed by atoms with Gasteiger partial charge in [0, 0.05) is 24.7 Å². The molecule has 0 aliphatic carbocycles. The summed E-state index contributed by atoms with van der Waals surface area (Å²) in [5.74, 6) is 1.05. The molecule has 146 valence electrons. The molecule has 2 heterocycles. The summed E-state index contributed by atoms with van der Waals surface area (Å²) in [4.78, 5) is 6.60. The number of methoxy groups -OCH3 is 1. The second kappa shape index (κ2) is 7.82. The lowest BCUT2D eigenvalue weighted by molar-refractivity contribution is 0.223. The minimum atomic E-state index is -2.98. The van der Waals surface area contributed by atoms with Gasteiger partial charge in [0.05, 0.1) is 24.3 Å². The Morgan fingerprint density at radius 3 is 2.89 bits per heavy atom. The van der Waals surface area contributed by atoms with Crippen LogP contribution in [0.1, 0.15) is 17.9 Å². The van der Waals surface area contributed by atoms with E-state index in [0.29, 0.717) is 36.7 Å². The number of rotatable bonds is 7. The molecule has 1 saturated heterocycles. The van der Waals surface area contributed by atoms with Crippen molar-refractivity contribution in [3.63, 3.8) is 0 Å². The molecule has 1 aromatic heterocycles. The maximum atomic E-state index is 13.6. The molecule has 27 heavy (non-hydrogen) atoms. The van der Waals surface area contributed by atoms with Crippen molar-refractivity contribution in [2.24, 2.45) is 0 Å². The van der Waals surface area contributed by atoms with Gasteiger partial charge in [-0.25, -0.2) is 17.8 Å². The summed E-state index contributed by atoms with van der Waals surface area (Å²) in [6.07, 6.45) is 2.36. The molecule has 3 rings (SSSR count). The molecule has 0 amide bonds. The third-order valence-electron chi connectivity index (χ3n) is 4.73. The van der Waals surface area contributed by atoms with Crippen LogP contribution >= 0.6 is 0 Å². The Morgan fingerprint density at radius 2 is 2.26 bits per heavy atom. The standard InChI is InChI=1S/C19H23FN2O4S/c1-4-8-22(15-7-9-27(23,24)12-15)11-17-13(2)26-19(21-17)14-5-6-16(20)18(10-14)25-3/h4-6,10,15H,1,7-9,11-12H2,2-3H3/t15-/m1/s1. The van der Waals surface area contributed by atoms with E-state index in [1.165, 1.54) is 19.2 Å². The minimum Gasteiger partial charge on any atom is -0.494 e. The lowest BCUT2D eigenvalue weighted by Crippen LogP contribution is -2.36. The first-order valence-electron chi connectivity index (χ1n) is 8.68. The van der Waals surface area contributed by atoms with E-state index in [1.807, 2.05) is 6.92 Å². The number of ether oxygens (including phenoxy) is 1. The third-order valence-corrected chi connectivity index (χ3v) is 6.48. The van der Waals surface area contributed by atoms with Gasteiger partial charge in [0.15, 0.2) is 21.4 Å². The normalized spacial score (nSPS) is 18.7. The summed E-state index contributed by atoms with van der Waals surface area (Å²) in [5.41, 5.74) is 1.33. The summed E-state index contributed by atoms with van der Waals surface area (Å²) >= 11 is 0. The molecule has 1 fully saturated rings. The Kier molecular flexibility index (Phi) is 5.67. The van der Waals surface area contributed by atoms with Gasteiger partial charge in [0.25, 0.3) is 0 Å². The molecule has 2 aromatic rings. The molecule has 6 nitrogen and oxygen atoms in total. The Morgan fingerprint density at radius 1 is 1.48 bits per heavy atom. The maximum absolute atomic E-state index is 13.6. The number of oxazole rings is 1. The van der Waals surface area contributed by atoms with Crippen molar-refractivity contribution in [1.82, 2.24) is 9.88 Å². The van der Waals surface area contributed by atoms with E-state index in [0.717, 1.165) is 5.69 Å². The zero-order chi connectivity index (χ0) is 19.6. The van der Waals surface area contributed by atoms with Crippen LogP contribution in [0, 0.1) is 12.7 Å². The number of hydrogen-bond donors (Lipinski definition) is 0. The molecule has 1 aliphatic rings. The predicted molar refractivity (Wildman–Crippen MR) is 101 cm³/mol. The highest BCUT2D eigenvalue weighted by Crippen LogP contribution is 2.28. The SMILES string of the molecule is C=CCN(Cc1nc(-c2ccc(F)c(OC)c2)oc1C)[C@@H]1CCS(=O)(=O)C1. The van der Waals surface area contributed by atoms with Gasteiger partial charge in [-0.05, 0) is 31.5 Å². The highest BCUT2D eigenvalue weighted by molar-refractivity contribution is 7.91. The number of benzene rings is 1. The van der Waals surface area contributed by atoms with Crippen LogP contribution in [0.5, 0.6) is 5.75 Å². The highest BCUT2D eigenvalue weighted by atomic mass is 32.2. The molecular formula is C19H23FN2O4S. The summed E-state index contributed by atoms with van der Waals surface area (Å²) in [6, 6.07) is 4.37. The largest absolute Gasteiger partial charge is 0.494 e. The van der Waals surface area contributed by atoms with Crippen molar-refractivity contribution in [3.8, 4) is 17.2 Å². The quantitative estimate of drug-likeness (QED) is 0.673. The van der Waals surface area contributed by atoms with Crippen LogP contribution in [0.4, 0.5) is 4.39 Å². The average Bonchev–Trinajstić information content (AvgIpc) is 3.17. The Bertz CT molecular complexity index is 939. The van der Waals surface area contributed by atoms with Crippen molar-refractivity contribution in [1.29, 1.82) is 0 Å². The summed E-state index contributed by atoms with van der Waals surface area (Å²) in [7, 11) is -1.58. The van der Waals surface area contributed by atoms with Gasteiger partial charge >= 0.3 is 0 Å². The van der Waals surface area contributed by atoms with Gasteiger partial charge in [-0.2, -0.15) is 0 Å². The first-order chi connectivity index (χ1) is 12.8. The first kappa shape index (κ1) is 19.6. The molecule has 0 saturated carbocycles. The number of hydrogen-bond acceptors (Lipinski definition) is 6. The fourth-order valence-corrected chi connectivity index (χ4v) is 5.02. The smallest absolute Gasteiger partial charge is 0.226 e. The first-order valence-corrected chi connectivity index (χ1v) is 10.5. The van der Waals surface area contributed by atoms with E-state index in [9.17, 15) is 12.8 Å². The molecule has 8 heteroatoms. The number of halogens is 1. The van der Waals surface area contributed by atoms with Crippen LogP contribution in [-0.2, 0) is 16.4 Å². The second-order valence-electron chi connectivity index (χ2n) is 6.65. The fraction of sp³-hybridized carbons (Fsp3) is 0.421. The molecule has 0 bridgehead atoms. The third kappa shape index (κ3) is 4.39. The van der Waals surface area contributed by atoms with Crippen LogP contribution in [0.3, 0.4) is 0 Å². The molecule has 1 aliphatic heterocycles. The molecule has 0 radical (unpaired) electrons. The van der Waals surface area contributed by atoms with Crippen LogP contribution in [0.15, 0.2) is 35.3 Å². The average molecular weight is 394 g/mol. The molecule has 1 aromatic carbocycles. The number of sulfone groups is 1. The number of aromatic nitrogens is 1. The minimum absolute atomic E-state index is 0.0570. The van der Waals surface area contributed by atoms with Crippen LogP contribution in [0.2, 0.25) is 0 Å². The second-order valence-corrected chi connectivity index (χ2v) is 8.87. The lowest BCUT2D eigenvalue weighted by Gasteiger charge is -2.25. The van der Waals surface area contributed by atoms with Crippen molar-refractivity contribution in [2.45, 2.75) is 25.9 Å².